The summed E-state index contributed by atoms with van der Waals surface area (Å²) in [5.41, 5.74) is 2.19. The lowest BCUT2D eigenvalue weighted by molar-refractivity contribution is -0.115. The third kappa shape index (κ3) is 2.21. The van der Waals surface area contributed by atoms with Gasteiger partial charge in [0.25, 0.3) is 0 Å². The molecule has 0 bridgehead atoms. The summed E-state index contributed by atoms with van der Waals surface area (Å²) in [5.74, 6) is -0.0648. The highest BCUT2D eigenvalue weighted by molar-refractivity contribution is 9.11. The van der Waals surface area contributed by atoms with Crippen molar-refractivity contribution in [3.63, 3.8) is 0 Å². The third-order valence-electron chi connectivity index (χ3n) is 2.51. The predicted octanol–water partition coefficient (Wildman–Crippen LogP) is 3.37. The first kappa shape index (κ1) is 11.6. The lowest BCUT2D eigenvalue weighted by atomic mass is 10.2. The van der Waals surface area contributed by atoms with Crippen LogP contribution < -0.4 is 5.32 Å². The van der Waals surface area contributed by atoms with Gasteiger partial charge in [-0.25, -0.2) is 4.99 Å². The van der Waals surface area contributed by atoms with Gasteiger partial charge in [-0.15, -0.1) is 11.3 Å². The molecule has 3 heterocycles. The molecular formula is C12H8BrN3OS. The molecule has 0 spiro atoms. The van der Waals surface area contributed by atoms with Gasteiger partial charge in [0.05, 0.1) is 38.4 Å². The quantitative estimate of drug-likeness (QED) is 0.875. The van der Waals surface area contributed by atoms with E-state index in [-0.39, 0.29) is 12.3 Å². The number of carbonyl (C=O) groups excluding carboxylic acids is 1. The van der Waals surface area contributed by atoms with Gasteiger partial charge in [0, 0.05) is 6.20 Å². The summed E-state index contributed by atoms with van der Waals surface area (Å²) in [6.45, 7) is 0. The second-order valence-corrected chi connectivity index (χ2v) is 6.24. The summed E-state index contributed by atoms with van der Waals surface area (Å²) in [4.78, 5) is 21.4. The molecule has 0 atom stereocenters. The van der Waals surface area contributed by atoms with Crippen molar-refractivity contribution in [3.05, 3.63) is 39.3 Å². The Morgan fingerprint density at radius 1 is 1.33 bits per heavy atom. The zero-order chi connectivity index (χ0) is 12.5. The first-order valence-electron chi connectivity index (χ1n) is 5.29. The molecule has 1 aliphatic heterocycles. The van der Waals surface area contributed by atoms with Crippen LogP contribution in [-0.4, -0.2) is 16.6 Å². The van der Waals surface area contributed by atoms with E-state index in [1.165, 1.54) is 0 Å². The lowest BCUT2D eigenvalue weighted by Gasteiger charge is -2.01. The number of amides is 1. The van der Waals surface area contributed by atoms with Crippen molar-refractivity contribution < 1.29 is 4.79 Å². The Morgan fingerprint density at radius 3 is 3.00 bits per heavy atom. The van der Waals surface area contributed by atoms with E-state index in [9.17, 15) is 4.79 Å². The molecule has 3 rings (SSSR count). The molecule has 0 fully saturated rings. The van der Waals surface area contributed by atoms with Gasteiger partial charge in [-0.3, -0.25) is 9.78 Å². The van der Waals surface area contributed by atoms with E-state index in [0.29, 0.717) is 5.69 Å². The normalized spacial score (nSPS) is 14.5. The molecule has 90 valence electrons. The van der Waals surface area contributed by atoms with Crippen LogP contribution >= 0.6 is 27.3 Å². The van der Waals surface area contributed by atoms with E-state index in [1.54, 1.807) is 29.8 Å². The van der Waals surface area contributed by atoms with Crippen molar-refractivity contribution in [3.8, 4) is 0 Å². The maximum absolute atomic E-state index is 11.8. The molecule has 2 aromatic rings. The van der Waals surface area contributed by atoms with E-state index >= 15 is 0 Å². The fourth-order valence-electron chi connectivity index (χ4n) is 1.72. The predicted molar refractivity (Wildman–Crippen MR) is 75.7 cm³/mol. The molecule has 0 aromatic carbocycles. The van der Waals surface area contributed by atoms with Gasteiger partial charge in [0.1, 0.15) is 0 Å². The van der Waals surface area contributed by atoms with Gasteiger partial charge in [0.15, 0.2) is 0 Å². The summed E-state index contributed by atoms with van der Waals surface area (Å²) in [6, 6.07) is 5.72. The Labute approximate surface area is 116 Å². The number of aromatic nitrogens is 1. The molecule has 1 N–H and O–H groups in total. The number of halogens is 1. The molecule has 0 aliphatic carbocycles. The summed E-state index contributed by atoms with van der Waals surface area (Å²) < 4.78 is 1.03. The molecule has 0 radical (unpaired) electrons. The van der Waals surface area contributed by atoms with Crippen LogP contribution in [0.1, 0.15) is 11.3 Å². The molecule has 1 amide bonds. The Kier molecular flexibility index (Phi) is 2.97. The van der Waals surface area contributed by atoms with Crippen molar-refractivity contribution >= 4 is 50.3 Å². The smallest absolute Gasteiger partial charge is 0.230 e. The minimum absolute atomic E-state index is 0.0648. The van der Waals surface area contributed by atoms with Crippen molar-refractivity contribution in [1.29, 1.82) is 0 Å². The number of nitrogens with zero attached hydrogens (tertiary/aromatic N) is 2. The fraction of sp³-hybridized carbons (Fsp3) is 0.0833. The van der Waals surface area contributed by atoms with E-state index < -0.39 is 0 Å². The molecule has 0 saturated carbocycles. The van der Waals surface area contributed by atoms with Crippen LogP contribution in [0.15, 0.2) is 39.4 Å². The molecule has 18 heavy (non-hydrogen) atoms. The number of carbonyl (C=O) groups is 1. The first-order chi connectivity index (χ1) is 8.72. The zero-order valence-corrected chi connectivity index (χ0v) is 11.6. The topological polar surface area (TPSA) is 54.4 Å². The molecule has 2 aromatic heterocycles. The number of thiophene rings is 1. The fourth-order valence-corrected chi connectivity index (χ4v) is 3.10. The van der Waals surface area contributed by atoms with Gasteiger partial charge in [-0.05, 0) is 34.1 Å². The van der Waals surface area contributed by atoms with E-state index in [4.69, 9.17) is 0 Å². The van der Waals surface area contributed by atoms with Crippen molar-refractivity contribution in [2.75, 3.05) is 5.32 Å². The van der Waals surface area contributed by atoms with Gasteiger partial charge >= 0.3 is 0 Å². The zero-order valence-electron chi connectivity index (χ0n) is 9.18. The number of hydrogen-bond acceptors (Lipinski definition) is 4. The van der Waals surface area contributed by atoms with Gasteiger partial charge in [-0.2, -0.15) is 0 Å². The minimum atomic E-state index is -0.0648. The lowest BCUT2D eigenvalue weighted by Crippen LogP contribution is -2.14. The van der Waals surface area contributed by atoms with Crippen LogP contribution in [0.2, 0.25) is 0 Å². The number of anilines is 1. The van der Waals surface area contributed by atoms with Crippen molar-refractivity contribution in [1.82, 2.24) is 4.98 Å². The summed E-state index contributed by atoms with van der Waals surface area (Å²) in [7, 11) is 0. The Balaban J connectivity index is 2.10. The SMILES string of the molecule is O=C1CC(c2ccc(Br)s2)=Nc2ccncc2N1. The third-order valence-corrected chi connectivity index (χ3v) is 4.19. The van der Waals surface area contributed by atoms with Gasteiger partial charge in [0.2, 0.25) is 5.91 Å². The minimum Gasteiger partial charge on any atom is -0.323 e. The number of aliphatic imine (C=N–C) groups is 1. The Morgan fingerprint density at radius 2 is 2.22 bits per heavy atom. The van der Waals surface area contributed by atoms with Crippen LogP contribution in [-0.2, 0) is 4.79 Å². The highest BCUT2D eigenvalue weighted by Crippen LogP contribution is 2.30. The Bertz CT molecular complexity index is 650. The highest BCUT2D eigenvalue weighted by Gasteiger charge is 2.18. The largest absolute Gasteiger partial charge is 0.323 e. The van der Waals surface area contributed by atoms with Crippen LogP contribution in [0.25, 0.3) is 0 Å². The molecule has 4 nitrogen and oxygen atoms in total. The maximum atomic E-state index is 11.8. The van der Waals surface area contributed by atoms with E-state index in [1.807, 2.05) is 12.1 Å². The summed E-state index contributed by atoms with van der Waals surface area (Å²) in [6.07, 6.45) is 3.56. The number of hydrogen-bond donors (Lipinski definition) is 1. The van der Waals surface area contributed by atoms with Gasteiger partial charge < -0.3 is 5.32 Å². The second-order valence-electron chi connectivity index (χ2n) is 3.78. The summed E-state index contributed by atoms with van der Waals surface area (Å²) in [5, 5.41) is 2.81. The average molecular weight is 322 g/mol. The number of nitrogens with one attached hydrogen (secondary N) is 1. The van der Waals surface area contributed by atoms with E-state index in [2.05, 4.69) is 31.2 Å². The van der Waals surface area contributed by atoms with Crippen LogP contribution in [0.3, 0.4) is 0 Å². The number of fused-ring (bicyclic) bond motifs is 1. The molecule has 1 aliphatic rings. The molecule has 6 heteroatoms. The average Bonchev–Trinajstić information content (AvgIpc) is 2.70. The Hall–Kier alpha value is -1.53. The summed E-state index contributed by atoms with van der Waals surface area (Å²) >= 11 is 4.99. The molecular weight excluding hydrogens is 314 g/mol. The van der Waals surface area contributed by atoms with Crippen molar-refractivity contribution in [2.24, 2.45) is 4.99 Å². The maximum Gasteiger partial charge on any atom is 0.230 e. The second kappa shape index (κ2) is 4.62. The van der Waals surface area contributed by atoms with Crippen LogP contribution in [0.5, 0.6) is 0 Å². The number of pyridine rings is 1. The van der Waals surface area contributed by atoms with Crippen molar-refractivity contribution in [2.45, 2.75) is 6.42 Å². The standard InChI is InChI=1S/C12H8BrN3OS/c13-11-2-1-10(18-11)8-5-12(17)16-9-6-14-4-3-7(9)15-8/h1-4,6H,5H2,(H,16,17). The van der Waals surface area contributed by atoms with E-state index in [0.717, 1.165) is 20.1 Å². The molecule has 0 saturated heterocycles. The number of rotatable bonds is 1. The monoisotopic (exact) mass is 321 g/mol. The van der Waals surface area contributed by atoms with Gasteiger partial charge in [-0.1, -0.05) is 0 Å². The molecule has 0 unspecified atom stereocenters. The van der Waals surface area contributed by atoms with Crippen LogP contribution in [0.4, 0.5) is 11.4 Å². The van der Waals surface area contributed by atoms with Crippen LogP contribution in [0, 0.1) is 0 Å². The first-order valence-corrected chi connectivity index (χ1v) is 6.90. The highest BCUT2D eigenvalue weighted by atomic mass is 79.9.